The molecule has 4 aliphatic heterocycles. The minimum absolute atomic E-state index is 0.0940. The predicted octanol–water partition coefficient (Wildman–Crippen LogP) is 5.39. The maximum Gasteiger partial charge on any atom is 0.316 e. The molecule has 8 heteroatoms. The van der Waals surface area contributed by atoms with Crippen molar-refractivity contribution in [2.75, 3.05) is 6.61 Å². The summed E-state index contributed by atoms with van der Waals surface area (Å²) in [5, 5.41) is 25.3. The fraction of sp³-hybridized carbons (Fsp3) is 0.688. The van der Waals surface area contributed by atoms with Gasteiger partial charge in [0.25, 0.3) is 0 Å². The molecule has 3 fully saturated rings. The number of carbonyl (C=O) groups excluding carboxylic acids is 1. The number of rotatable bonds is 1. The molecule has 0 aromatic heterocycles. The second-order valence-electron chi connectivity index (χ2n) is 12.6. The third-order valence-corrected chi connectivity index (χ3v) is 9.45. The highest BCUT2D eigenvalue weighted by atomic mass is 16.7. The minimum atomic E-state index is -1.72. The fourth-order valence-corrected chi connectivity index (χ4v) is 7.22. The molecular weight excluding hydrogens is 510 g/mol. The van der Waals surface area contributed by atoms with Crippen molar-refractivity contribution in [2.24, 2.45) is 22.9 Å². The van der Waals surface area contributed by atoms with Crippen LogP contribution in [0.2, 0.25) is 0 Å². The van der Waals surface area contributed by atoms with Crippen LogP contribution in [0.3, 0.4) is 0 Å². The Bertz CT molecular complexity index is 1140. The fourth-order valence-electron chi connectivity index (χ4n) is 7.22. The average Bonchev–Trinajstić information content (AvgIpc) is 3.24. The lowest BCUT2D eigenvalue weighted by Gasteiger charge is -2.49. The average molecular weight is 556 g/mol. The summed E-state index contributed by atoms with van der Waals surface area (Å²) in [6, 6.07) is 0. The Morgan fingerprint density at radius 3 is 2.73 bits per heavy atom. The largest absolute Gasteiger partial charge is 0.462 e. The Hall–Kier alpha value is -2.26. The lowest BCUT2D eigenvalue weighted by Crippen LogP contribution is -2.57. The molecule has 220 valence electrons. The number of carbonyl (C=O) groups is 1. The van der Waals surface area contributed by atoms with Crippen molar-refractivity contribution in [1.82, 2.24) is 0 Å². The molecule has 0 unspecified atom stereocenters. The van der Waals surface area contributed by atoms with Gasteiger partial charge in [0.05, 0.1) is 18.8 Å². The molecule has 2 bridgehead atoms. The van der Waals surface area contributed by atoms with Crippen molar-refractivity contribution in [3.8, 4) is 0 Å². The van der Waals surface area contributed by atoms with Gasteiger partial charge in [-0.25, -0.2) is 0 Å². The molecule has 5 rings (SSSR count). The Morgan fingerprint density at radius 2 is 1.98 bits per heavy atom. The molecular formula is C32H45NO7. The Balaban J connectivity index is 1.53. The molecule has 9 atom stereocenters. The van der Waals surface area contributed by atoms with E-state index in [4.69, 9.17) is 18.9 Å². The highest BCUT2D eigenvalue weighted by molar-refractivity contribution is 6.06. The first-order valence-electron chi connectivity index (χ1n) is 14.9. The van der Waals surface area contributed by atoms with Gasteiger partial charge in [0.1, 0.15) is 29.4 Å². The zero-order chi connectivity index (χ0) is 28.7. The maximum atomic E-state index is 13.9. The van der Waals surface area contributed by atoms with Crippen molar-refractivity contribution in [2.45, 2.75) is 115 Å². The van der Waals surface area contributed by atoms with E-state index in [2.05, 4.69) is 45.0 Å². The van der Waals surface area contributed by atoms with Crippen LogP contribution in [-0.2, 0) is 23.7 Å². The lowest BCUT2D eigenvalue weighted by molar-refractivity contribution is -0.335. The van der Waals surface area contributed by atoms with Crippen LogP contribution in [-0.4, -0.2) is 64.4 Å². The van der Waals surface area contributed by atoms with Gasteiger partial charge in [-0.05, 0) is 62.5 Å². The Morgan fingerprint density at radius 1 is 1.18 bits per heavy atom. The van der Waals surface area contributed by atoms with Gasteiger partial charge in [-0.2, -0.15) is 0 Å². The number of esters is 1. The molecule has 4 heterocycles. The number of hydrogen-bond donors (Lipinski definition) is 2. The molecule has 8 nitrogen and oxygen atoms in total. The van der Waals surface area contributed by atoms with Gasteiger partial charge in [-0.3, -0.25) is 4.79 Å². The van der Waals surface area contributed by atoms with Gasteiger partial charge in [0.15, 0.2) is 5.79 Å². The van der Waals surface area contributed by atoms with Gasteiger partial charge in [0.2, 0.25) is 0 Å². The number of aliphatic hydroxyl groups is 1. The normalized spacial score (nSPS) is 47.0. The minimum Gasteiger partial charge on any atom is -0.462 e. The standard InChI is InChI=1S/C32H45NO7/c1-6-27-21(4)12-13-31(40-27)17-25-16-24(39-31)11-10-20(3)14-19(2)8-7-9-23-18-37-29-28(33-36)22(5)15-26(30(34)38-25)32(23,29)35/h7-10,15,19,21,24-27,29,35-36H,6,11-14,16-18H2,1-5H3/b8-7+,20-10+,23-9+,33-28-/t19-,21-,24+,25-,26-,27+,29+,31+,32+/m0/s1. The summed E-state index contributed by atoms with van der Waals surface area (Å²) in [5.74, 6) is -1.60. The van der Waals surface area contributed by atoms with Crippen LogP contribution in [0.1, 0.15) is 79.6 Å². The molecule has 0 amide bonds. The topological polar surface area (TPSA) is 107 Å². The maximum absolute atomic E-state index is 13.9. The van der Waals surface area contributed by atoms with E-state index in [9.17, 15) is 15.1 Å². The molecule has 0 aromatic carbocycles. The molecule has 40 heavy (non-hydrogen) atoms. The smallest absolute Gasteiger partial charge is 0.316 e. The van der Waals surface area contributed by atoms with Crippen LogP contribution in [0.4, 0.5) is 0 Å². The summed E-state index contributed by atoms with van der Waals surface area (Å²) in [4.78, 5) is 13.9. The van der Waals surface area contributed by atoms with Gasteiger partial charge >= 0.3 is 5.97 Å². The molecule has 0 aromatic rings. The first kappa shape index (κ1) is 29.2. The van der Waals surface area contributed by atoms with Crippen molar-refractivity contribution in [3.63, 3.8) is 0 Å². The summed E-state index contributed by atoms with van der Waals surface area (Å²) >= 11 is 0. The Kier molecular flexibility index (Phi) is 8.44. The summed E-state index contributed by atoms with van der Waals surface area (Å²) in [7, 11) is 0. The highest BCUT2D eigenvalue weighted by Gasteiger charge is 2.59. The molecule has 0 radical (unpaired) electrons. The quantitative estimate of drug-likeness (QED) is 0.193. The van der Waals surface area contributed by atoms with Crippen LogP contribution in [0.15, 0.2) is 52.3 Å². The van der Waals surface area contributed by atoms with E-state index in [0.717, 1.165) is 32.1 Å². The third kappa shape index (κ3) is 5.48. The zero-order valence-electron chi connectivity index (χ0n) is 24.5. The van der Waals surface area contributed by atoms with Crippen LogP contribution >= 0.6 is 0 Å². The second kappa shape index (κ2) is 11.6. The number of hydrogen-bond acceptors (Lipinski definition) is 8. The van der Waals surface area contributed by atoms with Gasteiger partial charge in [-0.1, -0.05) is 61.9 Å². The number of nitrogens with zero attached hydrogens (tertiary/aromatic N) is 1. The molecule has 1 aliphatic carbocycles. The van der Waals surface area contributed by atoms with Crippen LogP contribution in [0, 0.1) is 17.8 Å². The van der Waals surface area contributed by atoms with Crippen molar-refractivity contribution in [3.05, 3.63) is 47.1 Å². The summed E-state index contributed by atoms with van der Waals surface area (Å²) in [6.07, 6.45) is 13.6. The van der Waals surface area contributed by atoms with E-state index in [1.165, 1.54) is 5.57 Å². The van der Waals surface area contributed by atoms with E-state index < -0.39 is 35.5 Å². The second-order valence-corrected chi connectivity index (χ2v) is 12.6. The molecule has 5 aliphatic rings. The van der Waals surface area contributed by atoms with Crippen molar-refractivity contribution < 1.29 is 34.1 Å². The van der Waals surface area contributed by atoms with Crippen LogP contribution < -0.4 is 0 Å². The van der Waals surface area contributed by atoms with E-state index in [1.54, 1.807) is 13.0 Å². The van der Waals surface area contributed by atoms with Crippen molar-refractivity contribution >= 4 is 11.7 Å². The SMILES string of the molecule is CC[C@H]1O[C@]2(CC[C@@H]1C)C[C@@H]1C[C@@H](C/C=C(\C)C[C@@H](C)/C=C/C=C3\CO[C@@H]4/C(=N\O)C(C)=C[C@@H](C(=O)O1)[C@]34O)O2. The van der Waals surface area contributed by atoms with Gasteiger partial charge in [0, 0.05) is 19.3 Å². The van der Waals surface area contributed by atoms with Crippen LogP contribution in [0.5, 0.6) is 0 Å². The van der Waals surface area contributed by atoms with E-state index in [1.807, 2.05) is 12.2 Å². The van der Waals surface area contributed by atoms with Crippen LogP contribution in [0.25, 0.3) is 0 Å². The molecule has 1 spiro atoms. The predicted molar refractivity (Wildman–Crippen MR) is 151 cm³/mol. The number of ether oxygens (including phenoxy) is 4. The van der Waals surface area contributed by atoms with E-state index in [-0.39, 0.29) is 30.4 Å². The highest BCUT2D eigenvalue weighted by Crippen LogP contribution is 2.46. The third-order valence-electron chi connectivity index (χ3n) is 9.45. The van der Waals surface area contributed by atoms with E-state index >= 15 is 0 Å². The summed E-state index contributed by atoms with van der Waals surface area (Å²) < 4.78 is 25.5. The summed E-state index contributed by atoms with van der Waals surface area (Å²) in [6.45, 7) is 10.5. The molecule has 3 saturated heterocycles. The number of oxime groups is 1. The first-order chi connectivity index (χ1) is 19.1. The zero-order valence-corrected chi connectivity index (χ0v) is 24.5. The van der Waals surface area contributed by atoms with E-state index in [0.29, 0.717) is 29.9 Å². The van der Waals surface area contributed by atoms with Gasteiger partial charge < -0.3 is 29.3 Å². The lowest BCUT2D eigenvalue weighted by atomic mass is 9.71. The molecule has 2 N–H and O–H groups in total. The van der Waals surface area contributed by atoms with Crippen molar-refractivity contribution in [1.29, 1.82) is 0 Å². The van der Waals surface area contributed by atoms with Gasteiger partial charge in [-0.15, -0.1) is 0 Å². The monoisotopic (exact) mass is 555 g/mol. The number of fused-ring (bicyclic) bond motifs is 2. The first-order valence-corrected chi connectivity index (χ1v) is 14.9. The molecule has 0 saturated carbocycles. The Labute approximate surface area is 237 Å². The number of allylic oxidation sites excluding steroid dienone is 4. The summed E-state index contributed by atoms with van der Waals surface area (Å²) in [5.41, 5.74) is 0.922.